The molecule has 20 heavy (non-hydrogen) atoms. The Balaban J connectivity index is 1.97. The smallest absolute Gasteiger partial charge is 0.238 e. The van der Waals surface area contributed by atoms with Crippen molar-refractivity contribution >= 4 is 59.4 Å². The third kappa shape index (κ3) is 4.80. The van der Waals surface area contributed by atoms with Crippen LogP contribution in [0.25, 0.3) is 0 Å². The second-order valence-electron chi connectivity index (χ2n) is 4.67. The molecule has 1 saturated heterocycles. The molecule has 110 valence electrons. The third-order valence-corrected chi connectivity index (χ3v) is 4.78. The third-order valence-electron chi connectivity index (χ3n) is 3.07. The molecule has 4 nitrogen and oxygen atoms in total. The van der Waals surface area contributed by atoms with Gasteiger partial charge in [-0.05, 0) is 63.5 Å². The first-order valence-electron chi connectivity index (χ1n) is 6.44. The maximum atomic E-state index is 12.2. The molecule has 0 unspecified atom stereocenters. The van der Waals surface area contributed by atoms with E-state index in [1.165, 1.54) is 0 Å². The normalized spacial score (nSPS) is 16.8. The van der Waals surface area contributed by atoms with Gasteiger partial charge in [0, 0.05) is 26.5 Å². The van der Waals surface area contributed by atoms with E-state index in [1.807, 2.05) is 12.1 Å². The molecule has 1 amide bonds. The summed E-state index contributed by atoms with van der Waals surface area (Å²) < 4.78 is 2.65. The summed E-state index contributed by atoms with van der Waals surface area (Å²) in [7, 11) is 0. The predicted molar refractivity (Wildman–Crippen MR) is 92.1 cm³/mol. The van der Waals surface area contributed by atoms with E-state index < -0.39 is 0 Å². The lowest BCUT2D eigenvalue weighted by Gasteiger charge is -2.19. The zero-order chi connectivity index (χ0) is 14.5. The Morgan fingerprint density at radius 3 is 2.60 bits per heavy atom. The van der Waals surface area contributed by atoms with E-state index >= 15 is 0 Å². The van der Waals surface area contributed by atoms with Crippen molar-refractivity contribution < 1.29 is 4.79 Å². The summed E-state index contributed by atoms with van der Waals surface area (Å²) in [5, 5.41) is 6.29. The van der Waals surface area contributed by atoms with Crippen LogP contribution in [0.5, 0.6) is 0 Å². The zero-order valence-corrected chi connectivity index (χ0v) is 15.6. The van der Waals surface area contributed by atoms with Crippen molar-refractivity contribution in [3.05, 3.63) is 25.6 Å². The van der Waals surface area contributed by atoms with Crippen molar-refractivity contribution in [3.8, 4) is 0 Å². The van der Waals surface area contributed by atoms with Gasteiger partial charge in [-0.15, -0.1) is 0 Å². The Morgan fingerprint density at radius 2 is 1.90 bits per heavy atom. The topological polar surface area (TPSA) is 44.4 Å². The van der Waals surface area contributed by atoms with E-state index in [4.69, 9.17) is 0 Å². The monoisotopic (exact) mass is 467 g/mol. The number of nitrogens with one attached hydrogen (secondary N) is 2. The van der Waals surface area contributed by atoms with Gasteiger partial charge in [0.25, 0.3) is 0 Å². The lowest BCUT2D eigenvalue weighted by molar-refractivity contribution is -0.117. The van der Waals surface area contributed by atoms with Crippen LogP contribution in [0.4, 0.5) is 5.69 Å². The number of amides is 1. The Morgan fingerprint density at radius 1 is 1.20 bits per heavy atom. The van der Waals surface area contributed by atoms with E-state index in [-0.39, 0.29) is 5.91 Å². The molecule has 0 aliphatic carbocycles. The summed E-state index contributed by atoms with van der Waals surface area (Å²) in [4.78, 5) is 14.3. The molecular weight excluding hydrogens is 454 g/mol. The first kappa shape index (κ1) is 16.4. The van der Waals surface area contributed by atoms with Crippen LogP contribution in [0.1, 0.15) is 6.42 Å². The summed E-state index contributed by atoms with van der Waals surface area (Å²) in [6, 6.07) is 3.83. The average Bonchev–Trinajstić information content (AvgIpc) is 2.62. The van der Waals surface area contributed by atoms with Gasteiger partial charge >= 0.3 is 0 Å². The molecule has 2 N–H and O–H groups in total. The van der Waals surface area contributed by atoms with Crippen LogP contribution in [0.2, 0.25) is 0 Å². The minimum Gasteiger partial charge on any atom is -0.323 e. The van der Waals surface area contributed by atoms with Crippen LogP contribution in [0, 0.1) is 0 Å². The number of rotatable bonds is 3. The van der Waals surface area contributed by atoms with Gasteiger partial charge in [0.15, 0.2) is 0 Å². The zero-order valence-electron chi connectivity index (χ0n) is 10.9. The molecule has 0 saturated carbocycles. The molecule has 2 rings (SSSR count). The SMILES string of the molecule is O=C(CN1CCCNCC1)Nc1c(Br)cc(Br)cc1Br. The minimum atomic E-state index is 0.00984. The first-order chi connectivity index (χ1) is 9.56. The van der Waals surface area contributed by atoms with E-state index in [0.29, 0.717) is 6.54 Å². The fourth-order valence-corrected chi connectivity index (χ4v) is 4.56. The number of anilines is 1. The molecule has 0 spiro atoms. The highest BCUT2D eigenvalue weighted by molar-refractivity contribution is 9.11. The van der Waals surface area contributed by atoms with E-state index in [9.17, 15) is 4.79 Å². The molecule has 1 aromatic rings. The number of carbonyl (C=O) groups is 1. The Labute approximate surface area is 144 Å². The average molecular weight is 470 g/mol. The summed E-state index contributed by atoms with van der Waals surface area (Å²) >= 11 is 10.3. The van der Waals surface area contributed by atoms with Gasteiger partial charge in [0.2, 0.25) is 5.91 Å². The van der Waals surface area contributed by atoms with Crippen molar-refractivity contribution in [2.75, 3.05) is 38.0 Å². The number of carbonyl (C=O) groups excluding carboxylic acids is 1. The standard InChI is InChI=1S/C13H16Br3N3O/c14-9-6-10(15)13(11(16)7-9)18-12(20)8-19-4-1-2-17-3-5-19/h6-7,17H,1-5,8H2,(H,18,20). The molecule has 1 fully saturated rings. The van der Waals surface area contributed by atoms with Gasteiger partial charge in [-0.2, -0.15) is 0 Å². The van der Waals surface area contributed by atoms with E-state index in [2.05, 4.69) is 63.3 Å². The molecule has 0 radical (unpaired) electrons. The predicted octanol–water partition coefficient (Wildman–Crippen LogP) is 3.21. The Kier molecular flexibility index (Phi) is 6.48. The number of nitrogens with zero attached hydrogens (tertiary/aromatic N) is 1. The van der Waals surface area contributed by atoms with Gasteiger partial charge in [-0.3, -0.25) is 9.69 Å². The molecule has 1 aliphatic heterocycles. The minimum absolute atomic E-state index is 0.00984. The number of halogens is 3. The van der Waals surface area contributed by atoms with Gasteiger partial charge < -0.3 is 10.6 Å². The summed E-state index contributed by atoms with van der Waals surface area (Å²) in [5.41, 5.74) is 0.770. The van der Waals surface area contributed by atoms with Gasteiger partial charge in [0.05, 0.1) is 12.2 Å². The van der Waals surface area contributed by atoms with Gasteiger partial charge in [-0.25, -0.2) is 0 Å². The van der Waals surface area contributed by atoms with Crippen molar-refractivity contribution in [2.24, 2.45) is 0 Å². The quantitative estimate of drug-likeness (QED) is 0.714. The number of hydrogen-bond acceptors (Lipinski definition) is 3. The maximum Gasteiger partial charge on any atom is 0.238 e. The molecular formula is C13H16Br3N3O. The summed E-state index contributed by atoms with van der Waals surface area (Å²) in [5.74, 6) is 0.00984. The van der Waals surface area contributed by atoms with Crippen LogP contribution >= 0.6 is 47.8 Å². The van der Waals surface area contributed by atoms with Crippen LogP contribution in [0.15, 0.2) is 25.6 Å². The highest BCUT2D eigenvalue weighted by atomic mass is 79.9. The maximum absolute atomic E-state index is 12.2. The second kappa shape index (κ2) is 7.89. The van der Waals surface area contributed by atoms with Crippen molar-refractivity contribution in [3.63, 3.8) is 0 Å². The fourth-order valence-electron chi connectivity index (χ4n) is 2.10. The number of benzene rings is 1. The largest absolute Gasteiger partial charge is 0.323 e. The second-order valence-corrected chi connectivity index (χ2v) is 7.30. The summed E-state index contributed by atoms with van der Waals surface area (Å²) in [6.45, 7) is 4.27. The molecule has 1 heterocycles. The van der Waals surface area contributed by atoms with Crippen molar-refractivity contribution in [1.82, 2.24) is 10.2 Å². The lowest BCUT2D eigenvalue weighted by atomic mass is 10.3. The van der Waals surface area contributed by atoms with Crippen LogP contribution in [0.3, 0.4) is 0 Å². The number of hydrogen-bond donors (Lipinski definition) is 2. The molecule has 1 aliphatic rings. The van der Waals surface area contributed by atoms with Crippen LogP contribution in [-0.2, 0) is 4.79 Å². The Hall–Kier alpha value is 0.0500. The fraction of sp³-hybridized carbons (Fsp3) is 0.462. The van der Waals surface area contributed by atoms with E-state index in [0.717, 1.165) is 51.7 Å². The molecule has 7 heteroatoms. The lowest BCUT2D eigenvalue weighted by Crippen LogP contribution is -2.35. The van der Waals surface area contributed by atoms with Gasteiger partial charge in [0.1, 0.15) is 0 Å². The highest BCUT2D eigenvalue weighted by Crippen LogP contribution is 2.34. The summed E-state index contributed by atoms with van der Waals surface area (Å²) in [6.07, 6.45) is 1.08. The molecule has 0 aromatic heterocycles. The first-order valence-corrected chi connectivity index (χ1v) is 8.81. The molecule has 1 aromatic carbocycles. The molecule has 0 bridgehead atoms. The van der Waals surface area contributed by atoms with E-state index in [1.54, 1.807) is 0 Å². The van der Waals surface area contributed by atoms with Gasteiger partial charge in [-0.1, -0.05) is 15.9 Å². The highest BCUT2D eigenvalue weighted by Gasteiger charge is 2.15. The van der Waals surface area contributed by atoms with Crippen LogP contribution < -0.4 is 10.6 Å². The van der Waals surface area contributed by atoms with Crippen molar-refractivity contribution in [2.45, 2.75) is 6.42 Å². The van der Waals surface area contributed by atoms with Crippen LogP contribution in [-0.4, -0.2) is 43.5 Å². The molecule has 0 atom stereocenters. The van der Waals surface area contributed by atoms with Crippen molar-refractivity contribution in [1.29, 1.82) is 0 Å². The Bertz CT molecular complexity index is 465.